The molecule has 0 radical (unpaired) electrons. The summed E-state index contributed by atoms with van der Waals surface area (Å²) >= 11 is 7.73. The van der Waals surface area contributed by atoms with Crippen LogP contribution in [0.2, 0.25) is 5.02 Å². The summed E-state index contributed by atoms with van der Waals surface area (Å²) in [5, 5.41) is 12.8. The highest BCUT2D eigenvalue weighted by atomic mass is 35.5. The van der Waals surface area contributed by atoms with Crippen LogP contribution in [0.4, 0.5) is 0 Å². The summed E-state index contributed by atoms with van der Waals surface area (Å²) in [7, 11) is 1.62. The van der Waals surface area contributed by atoms with Crippen LogP contribution >= 0.6 is 23.4 Å². The van der Waals surface area contributed by atoms with Gasteiger partial charge < -0.3 is 10.1 Å². The number of nitrogens with zero attached hydrogens (tertiary/aromatic N) is 3. The van der Waals surface area contributed by atoms with Gasteiger partial charge in [-0.2, -0.15) is 0 Å². The Morgan fingerprint density at radius 3 is 2.45 bits per heavy atom. The Hall–Kier alpha value is -2.51. The highest BCUT2D eigenvalue weighted by molar-refractivity contribution is 7.99. The van der Waals surface area contributed by atoms with E-state index in [1.807, 2.05) is 73.9 Å². The first-order valence-electron chi connectivity index (χ1n) is 9.07. The summed E-state index contributed by atoms with van der Waals surface area (Å²) in [5.41, 5.74) is 1.33. The number of hydrogen-bond donors (Lipinski definition) is 1. The lowest BCUT2D eigenvalue weighted by molar-refractivity contribution is -0.119. The van der Waals surface area contributed by atoms with Crippen LogP contribution in [0.25, 0.3) is 17.1 Å². The van der Waals surface area contributed by atoms with Crippen molar-refractivity contribution in [2.75, 3.05) is 12.9 Å². The molecule has 29 heavy (non-hydrogen) atoms. The molecule has 152 valence electrons. The molecule has 0 aliphatic heterocycles. The fourth-order valence-electron chi connectivity index (χ4n) is 2.73. The average molecular weight is 431 g/mol. The molecule has 8 heteroatoms. The third-order valence-electron chi connectivity index (χ3n) is 3.93. The number of benzene rings is 2. The van der Waals surface area contributed by atoms with Crippen LogP contribution in [0, 0.1) is 0 Å². The molecule has 1 aromatic heterocycles. The molecule has 0 saturated heterocycles. The third-order valence-corrected chi connectivity index (χ3v) is 5.18. The van der Waals surface area contributed by atoms with Crippen molar-refractivity contribution in [2.45, 2.75) is 31.5 Å². The highest BCUT2D eigenvalue weighted by Crippen LogP contribution is 2.32. The second kappa shape index (κ2) is 8.88. The molecule has 0 saturated carbocycles. The Kier molecular flexibility index (Phi) is 6.49. The number of carbonyl (C=O) groups excluding carboxylic acids is 1. The van der Waals surface area contributed by atoms with Crippen LogP contribution in [-0.4, -0.2) is 39.1 Å². The number of nitrogens with one attached hydrogen (secondary N) is 1. The predicted molar refractivity (Wildman–Crippen MR) is 117 cm³/mol. The lowest BCUT2D eigenvalue weighted by atomic mass is 10.1. The van der Waals surface area contributed by atoms with E-state index in [2.05, 4.69) is 15.5 Å². The minimum Gasteiger partial charge on any atom is -0.497 e. The first kappa shape index (κ1) is 21.2. The van der Waals surface area contributed by atoms with Crippen LogP contribution in [0.1, 0.15) is 20.8 Å². The van der Waals surface area contributed by atoms with Gasteiger partial charge in [-0.3, -0.25) is 9.36 Å². The molecule has 0 aliphatic carbocycles. The van der Waals surface area contributed by atoms with E-state index in [4.69, 9.17) is 16.3 Å². The fraction of sp³-hybridized carbons (Fsp3) is 0.286. The van der Waals surface area contributed by atoms with Gasteiger partial charge in [0.05, 0.1) is 17.9 Å². The van der Waals surface area contributed by atoms with Gasteiger partial charge in [-0.05, 0) is 57.2 Å². The minimum atomic E-state index is -0.288. The third kappa shape index (κ3) is 5.31. The fourth-order valence-corrected chi connectivity index (χ4v) is 3.70. The Morgan fingerprint density at radius 2 is 1.83 bits per heavy atom. The number of rotatable bonds is 6. The molecule has 1 amide bonds. The molecule has 0 spiro atoms. The first-order valence-corrected chi connectivity index (χ1v) is 10.4. The van der Waals surface area contributed by atoms with Crippen LogP contribution in [0.15, 0.2) is 53.7 Å². The Morgan fingerprint density at radius 1 is 1.14 bits per heavy atom. The van der Waals surface area contributed by atoms with Gasteiger partial charge in [0, 0.05) is 16.8 Å². The van der Waals surface area contributed by atoms with Crippen molar-refractivity contribution in [3.8, 4) is 22.8 Å². The summed E-state index contributed by atoms with van der Waals surface area (Å²) in [6.45, 7) is 5.85. The quantitative estimate of drug-likeness (QED) is 0.578. The SMILES string of the molecule is COc1ccc(-n2c(SCC(=O)NC(C)(C)C)nnc2-c2ccccc2Cl)cc1. The molecular weight excluding hydrogens is 408 g/mol. The van der Waals surface area contributed by atoms with Crippen LogP contribution in [-0.2, 0) is 4.79 Å². The predicted octanol–water partition coefficient (Wildman–Crippen LogP) is 4.60. The number of aromatic nitrogens is 3. The zero-order valence-corrected chi connectivity index (χ0v) is 18.3. The number of halogens is 1. The summed E-state index contributed by atoms with van der Waals surface area (Å²) in [6.07, 6.45) is 0. The Labute approximate surface area is 179 Å². The molecule has 1 N–H and O–H groups in total. The summed E-state index contributed by atoms with van der Waals surface area (Å²) in [5.74, 6) is 1.53. The molecule has 3 aromatic rings. The van der Waals surface area contributed by atoms with E-state index in [9.17, 15) is 4.79 Å². The number of thioether (sulfide) groups is 1. The molecular formula is C21H23ClN4O2S. The lowest BCUT2D eigenvalue weighted by Crippen LogP contribution is -2.41. The topological polar surface area (TPSA) is 69.0 Å². The van der Waals surface area contributed by atoms with E-state index >= 15 is 0 Å². The molecule has 2 aromatic carbocycles. The maximum atomic E-state index is 12.3. The number of carbonyl (C=O) groups is 1. The van der Waals surface area contributed by atoms with E-state index in [0.717, 1.165) is 17.0 Å². The van der Waals surface area contributed by atoms with Gasteiger partial charge in [0.1, 0.15) is 5.75 Å². The number of amides is 1. The zero-order valence-electron chi connectivity index (χ0n) is 16.8. The van der Waals surface area contributed by atoms with Gasteiger partial charge in [0.2, 0.25) is 5.91 Å². The van der Waals surface area contributed by atoms with Gasteiger partial charge >= 0.3 is 0 Å². The molecule has 0 unspecified atom stereocenters. The van der Waals surface area contributed by atoms with Crippen molar-refractivity contribution in [3.63, 3.8) is 0 Å². The maximum Gasteiger partial charge on any atom is 0.230 e. The van der Waals surface area contributed by atoms with Gasteiger partial charge in [0.15, 0.2) is 11.0 Å². The van der Waals surface area contributed by atoms with E-state index in [0.29, 0.717) is 16.0 Å². The standard InChI is InChI=1S/C21H23ClN4O2S/c1-21(2,3)23-18(27)13-29-20-25-24-19(16-7-5-6-8-17(16)22)26(20)14-9-11-15(28-4)12-10-14/h5-12H,13H2,1-4H3,(H,23,27). The van der Waals surface area contributed by atoms with E-state index < -0.39 is 0 Å². The molecule has 1 heterocycles. The second-order valence-electron chi connectivity index (χ2n) is 7.41. The lowest BCUT2D eigenvalue weighted by Gasteiger charge is -2.20. The van der Waals surface area contributed by atoms with Gasteiger partial charge in [-0.25, -0.2) is 0 Å². The molecule has 3 rings (SSSR count). The Balaban J connectivity index is 1.98. The maximum absolute atomic E-state index is 12.3. The summed E-state index contributed by atoms with van der Waals surface area (Å²) < 4.78 is 7.15. The molecule has 0 bridgehead atoms. The van der Waals surface area contributed by atoms with E-state index in [1.54, 1.807) is 7.11 Å². The van der Waals surface area contributed by atoms with Crippen molar-refractivity contribution in [2.24, 2.45) is 0 Å². The average Bonchev–Trinajstić information content (AvgIpc) is 3.09. The molecule has 0 fully saturated rings. The Bertz CT molecular complexity index is 997. The molecule has 0 aliphatic rings. The van der Waals surface area contributed by atoms with Crippen LogP contribution in [0.3, 0.4) is 0 Å². The smallest absolute Gasteiger partial charge is 0.230 e. The van der Waals surface area contributed by atoms with Crippen LogP contribution < -0.4 is 10.1 Å². The first-order chi connectivity index (χ1) is 13.8. The number of ether oxygens (including phenoxy) is 1. The highest BCUT2D eigenvalue weighted by Gasteiger charge is 2.20. The van der Waals surface area contributed by atoms with Crippen LogP contribution in [0.5, 0.6) is 5.75 Å². The largest absolute Gasteiger partial charge is 0.497 e. The van der Waals surface area contributed by atoms with Gasteiger partial charge in [-0.1, -0.05) is 35.5 Å². The number of hydrogen-bond acceptors (Lipinski definition) is 5. The van der Waals surface area contributed by atoms with Crippen molar-refractivity contribution in [1.82, 2.24) is 20.1 Å². The van der Waals surface area contributed by atoms with Crippen molar-refractivity contribution in [1.29, 1.82) is 0 Å². The zero-order chi connectivity index (χ0) is 21.0. The summed E-state index contributed by atoms with van der Waals surface area (Å²) in [6, 6.07) is 15.0. The minimum absolute atomic E-state index is 0.0638. The van der Waals surface area contributed by atoms with Gasteiger partial charge in [0.25, 0.3) is 0 Å². The molecule has 6 nitrogen and oxygen atoms in total. The van der Waals surface area contributed by atoms with Crippen molar-refractivity contribution >= 4 is 29.3 Å². The molecule has 0 atom stereocenters. The van der Waals surface area contributed by atoms with Gasteiger partial charge in [-0.15, -0.1) is 10.2 Å². The van der Waals surface area contributed by atoms with Crippen molar-refractivity contribution in [3.05, 3.63) is 53.6 Å². The van der Waals surface area contributed by atoms with Crippen molar-refractivity contribution < 1.29 is 9.53 Å². The normalized spacial score (nSPS) is 11.3. The second-order valence-corrected chi connectivity index (χ2v) is 8.76. The monoisotopic (exact) mass is 430 g/mol. The number of methoxy groups -OCH3 is 1. The van der Waals surface area contributed by atoms with E-state index in [-0.39, 0.29) is 17.2 Å². The summed E-state index contributed by atoms with van der Waals surface area (Å²) in [4.78, 5) is 12.3. The van der Waals surface area contributed by atoms with E-state index in [1.165, 1.54) is 11.8 Å².